The summed E-state index contributed by atoms with van der Waals surface area (Å²) in [5, 5.41) is 4.22. The second-order valence-corrected chi connectivity index (χ2v) is 5.12. The second kappa shape index (κ2) is 6.98. The molecule has 1 unspecified atom stereocenters. The highest BCUT2D eigenvalue weighted by atomic mass is 15.3. The third-order valence-corrected chi connectivity index (χ3v) is 4.35. The molecule has 3 N–H and O–H groups in total. The molecular formula is C13H28N6. The molecule has 0 amide bonds. The average Bonchev–Trinajstić information content (AvgIpc) is 2.86. The second-order valence-electron chi connectivity index (χ2n) is 5.12. The van der Waals surface area contributed by atoms with Gasteiger partial charge in [-0.05, 0) is 33.9 Å². The summed E-state index contributed by atoms with van der Waals surface area (Å²) in [6, 6.07) is 0.145. The first-order valence-electron chi connectivity index (χ1n) is 7.05. The molecule has 0 saturated carbocycles. The zero-order chi connectivity index (χ0) is 14.5. The highest BCUT2D eigenvalue weighted by molar-refractivity contribution is 5.02. The molecule has 0 radical (unpaired) electrons. The van der Waals surface area contributed by atoms with Gasteiger partial charge in [-0.15, -0.1) is 0 Å². The molecule has 1 aromatic heterocycles. The van der Waals surface area contributed by atoms with Crippen LogP contribution >= 0.6 is 0 Å². The maximum atomic E-state index is 5.82. The van der Waals surface area contributed by atoms with Crippen LogP contribution in [-0.4, -0.2) is 45.3 Å². The highest BCUT2D eigenvalue weighted by Gasteiger charge is 2.38. The Morgan fingerprint density at radius 1 is 1.37 bits per heavy atom. The summed E-state index contributed by atoms with van der Waals surface area (Å²) in [5.41, 5.74) is 3.02. The molecule has 0 fully saturated rings. The van der Waals surface area contributed by atoms with Crippen LogP contribution in [0.4, 0.5) is 0 Å². The minimum atomic E-state index is 0.0271. The van der Waals surface area contributed by atoms with Gasteiger partial charge in [0.05, 0.1) is 0 Å². The molecule has 0 aliphatic rings. The third-order valence-electron chi connectivity index (χ3n) is 4.35. The molecule has 0 bridgehead atoms. The van der Waals surface area contributed by atoms with Crippen molar-refractivity contribution in [2.75, 3.05) is 14.1 Å². The minimum Gasteiger partial charge on any atom is -0.302 e. The Balaban J connectivity index is 2.99. The summed E-state index contributed by atoms with van der Waals surface area (Å²) in [5.74, 6) is 6.81. The van der Waals surface area contributed by atoms with Crippen molar-refractivity contribution < 1.29 is 0 Å². The van der Waals surface area contributed by atoms with E-state index < -0.39 is 0 Å². The van der Waals surface area contributed by atoms with Gasteiger partial charge in [0.2, 0.25) is 0 Å². The largest absolute Gasteiger partial charge is 0.302 e. The Morgan fingerprint density at radius 3 is 2.42 bits per heavy atom. The van der Waals surface area contributed by atoms with Crippen molar-refractivity contribution in [3.63, 3.8) is 0 Å². The summed E-state index contributed by atoms with van der Waals surface area (Å²) >= 11 is 0. The normalized spacial score (nSPS) is 14.1. The summed E-state index contributed by atoms with van der Waals surface area (Å²) in [4.78, 5) is 6.62. The number of nitrogens with one attached hydrogen (secondary N) is 1. The van der Waals surface area contributed by atoms with Crippen LogP contribution in [0.5, 0.6) is 0 Å². The van der Waals surface area contributed by atoms with Crippen LogP contribution in [0, 0.1) is 0 Å². The molecular weight excluding hydrogens is 240 g/mol. The van der Waals surface area contributed by atoms with E-state index >= 15 is 0 Å². The number of rotatable bonds is 8. The lowest BCUT2D eigenvalue weighted by molar-refractivity contribution is 0.0868. The van der Waals surface area contributed by atoms with E-state index in [0.717, 1.165) is 31.6 Å². The summed E-state index contributed by atoms with van der Waals surface area (Å²) < 4.78 is 1.93. The lowest BCUT2D eigenvalue weighted by Crippen LogP contribution is -2.61. The Labute approximate surface area is 116 Å². The van der Waals surface area contributed by atoms with Gasteiger partial charge in [-0.2, -0.15) is 5.10 Å². The van der Waals surface area contributed by atoms with E-state index in [9.17, 15) is 0 Å². The minimum absolute atomic E-state index is 0.0271. The van der Waals surface area contributed by atoms with Crippen LogP contribution in [0.2, 0.25) is 0 Å². The van der Waals surface area contributed by atoms with Gasteiger partial charge in [-0.1, -0.05) is 13.8 Å². The number of hydrazine groups is 1. The molecule has 0 spiro atoms. The number of nitrogens with zero attached hydrogens (tertiary/aromatic N) is 4. The van der Waals surface area contributed by atoms with Crippen LogP contribution in [0.3, 0.4) is 0 Å². The van der Waals surface area contributed by atoms with Gasteiger partial charge in [-0.3, -0.25) is 16.0 Å². The van der Waals surface area contributed by atoms with E-state index in [-0.39, 0.29) is 11.6 Å². The Morgan fingerprint density at radius 2 is 2.00 bits per heavy atom. The fraction of sp³-hybridized carbons (Fsp3) is 0.846. The first-order valence-corrected chi connectivity index (χ1v) is 7.05. The molecule has 0 aliphatic heterocycles. The van der Waals surface area contributed by atoms with Crippen LogP contribution in [-0.2, 0) is 13.0 Å². The van der Waals surface area contributed by atoms with Gasteiger partial charge in [0.15, 0.2) is 0 Å². The number of nitrogens with two attached hydrogens (primary N) is 1. The number of likely N-dealkylation sites (N-methyl/N-ethyl adjacent to an activating group) is 1. The van der Waals surface area contributed by atoms with Crippen LogP contribution in [0.1, 0.15) is 39.4 Å². The third kappa shape index (κ3) is 3.13. The van der Waals surface area contributed by atoms with Crippen molar-refractivity contribution in [3.8, 4) is 0 Å². The Bertz CT molecular complexity index is 369. The van der Waals surface area contributed by atoms with E-state index in [1.807, 2.05) is 4.68 Å². The Kier molecular flexibility index (Phi) is 5.90. The Hall–Kier alpha value is -0.980. The molecule has 0 saturated heterocycles. The first kappa shape index (κ1) is 16.1. The number of hydrogen-bond donors (Lipinski definition) is 2. The van der Waals surface area contributed by atoms with Crippen molar-refractivity contribution in [2.24, 2.45) is 5.84 Å². The lowest BCUT2D eigenvalue weighted by Gasteiger charge is -2.44. The van der Waals surface area contributed by atoms with Crippen LogP contribution < -0.4 is 11.3 Å². The van der Waals surface area contributed by atoms with Crippen molar-refractivity contribution in [1.82, 2.24) is 25.1 Å². The average molecular weight is 268 g/mol. The first-order chi connectivity index (χ1) is 9.05. The topological polar surface area (TPSA) is 72.0 Å². The molecule has 6 nitrogen and oxygen atoms in total. The molecule has 0 aromatic carbocycles. The van der Waals surface area contributed by atoms with Gasteiger partial charge >= 0.3 is 0 Å². The van der Waals surface area contributed by atoms with E-state index in [0.29, 0.717) is 0 Å². The van der Waals surface area contributed by atoms with E-state index in [4.69, 9.17) is 5.84 Å². The molecule has 110 valence electrons. The zero-order valence-electron chi connectivity index (χ0n) is 12.8. The predicted octanol–water partition coefficient (Wildman–Crippen LogP) is 0.793. The number of aromatic nitrogens is 3. The van der Waals surface area contributed by atoms with E-state index in [2.05, 4.69) is 55.3 Å². The maximum absolute atomic E-state index is 5.82. The van der Waals surface area contributed by atoms with E-state index in [1.165, 1.54) is 0 Å². The predicted molar refractivity (Wildman–Crippen MR) is 77.5 cm³/mol. The van der Waals surface area contributed by atoms with Crippen molar-refractivity contribution >= 4 is 0 Å². The van der Waals surface area contributed by atoms with E-state index in [1.54, 1.807) is 6.33 Å². The zero-order valence-corrected chi connectivity index (χ0v) is 12.8. The fourth-order valence-electron chi connectivity index (χ4n) is 2.98. The van der Waals surface area contributed by atoms with Crippen molar-refractivity contribution in [3.05, 3.63) is 12.2 Å². The quantitative estimate of drug-likeness (QED) is 0.539. The van der Waals surface area contributed by atoms with Gasteiger partial charge < -0.3 is 4.90 Å². The molecule has 1 atom stereocenters. The highest BCUT2D eigenvalue weighted by Crippen LogP contribution is 2.27. The summed E-state index contributed by atoms with van der Waals surface area (Å²) in [7, 11) is 4.23. The lowest BCUT2D eigenvalue weighted by atomic mass is 9.81. The van der Waals surface area contributed by atoms with Gasteiger partial charge in [0.25, 0.3) is 0 Å². The molecule has 19 heavy (non-hydrogen) atoms. The molecule has 1 rings (SSSR count). The van der Waals surface area contributed by atoms with Crippen LogP contribution in [0.15, 0.2) is 6.33 Å². The molecule has 0 aliphatic carbocycles. The molecule has 1 aromatic rings. The van der Waals surface area contributed by atoms with Crippen molar-refractivity contribution in [1.29, 1.82) is 0 Å². The summed E-state index contributed by atoms with van der Waals surface area (Å²) in [6.45, 7) is 7.32. The fourth-order valence-corrected chi connectivity index (χ4v) is 2.98. The maximum Gasteiger partial charge on any atom is 0.138 e. The standard InChI is InChI=1S/C13H28N6/c1-6-13(7-2,18(4)5)11(17-14)9-12-15-10-16-19(12)8-3/h10-11,17H,6-9,14H2,1-5H3. The molecule has 6 heteroatoms. The number of aryl methyl sites for hydroxylation is 1. The van der Waals surface area contributed by atoms with Crippen LogP contribution in [0.25, 0.3) is 0 Å². The number of hydrogen-bond acceptors (Lipinski definition) is 5. The summed E-state index contributed by atoms with van der Waals surface area (Å²) in [6.07, 6.45) is 4.46. The van der Waals surface area contributed by atoms with Gasteiger partial charge in [-0.25, -0.2) is 4.98 Å². The van der Waals surface area contributed by atoms with Gasteiger partial charge in [0, 0.05) is 24.5 Å². The smallest absolute Gasteiger partial charge is 0.138 e. The van der Waals surface area contributed by atoms with Gasteiger partial charge in [0.1, 0.15) is 12.2 Å². The monoisotopic (exact) mass is 268 g/mol. The SMILES string of the molecule is CCn1ncnc1CC(NN)C(CC)(CC)N(C)C. The van der Waals surface area contributed by atoms with Crippen molar-refractivity contribution in [2.45, 2.75) is 58.2 Å². The molecule has 1 heterocycles.